The Morgan fingerprint density at radius 3 is 2.43 bits per heavy atom. The zero-order valence-electron chi connectivity index (χ0n) is 16.4. The molecular weight excluding hydrogens is 410 g/mol. The molecule has 1 amide bonds. The highest BCUT2D eigenvalue weighted by Crippen LogP contribution is 2.38. The van der Waals surface area contributed by atoms with Crippen LogP contribution in [0.2, 0.25) is 0 Å². The third-order valence-electron chi connectivity index (χ3n) is 5.61. The van der Waals surface area contributed by atoms with E-state index in [9.17, 15) is 14.9 Å². The Labute approximate surface area is 180 Å². The van der Waals surface area contributed by atoms with E-state index in [2.05, 4.69) is 0 Å². The predicted octanol–water partition coefficient (Wildman–Crippen LogP) is 2.53. The number of nitrogens with two attached hydrogens (primary N) is 1. The average molecular weight is 434 g/mol. The van der Waals surface area contributed by atoms with Crippen molar-refractivity contribution in [2.45, 2.75) is 12.3 Å². The van der Waals surface area contributed by atoms with Crippen LogP contribution in [0.25, 0.3) is 0 Å². The van der Waals surface area contributed by atoms with E-state index in [4.69, 9.17) is 15.2 Å². The van der Waals surface area contributed by atoms with E-state index in [0.29, 0.717) is 49.9 Å². The smallest absolute Gasteiger partial charge is 0.277 e. The highest BCUT2D eigenvalue weighted by Gasteiger charge is 2.36. The number of ether oxygens (including phenoxy) is 2. The van der Waals surface area contributed by atoms with Gasteiger partial charge in [0.15, 0.2) is 11.5 Å². The van der Waals surface area contributed by atoms with Crippen LogP contribution in [0.5, 0.6) is 11.5 Å². The zero-order valence-corrected chi connectivity index (χ0v) is 17.2. The fourth-order valence-electron chi connectivity index (χ4n) is 4.10. The summed E-state index contributed by atoms with van der Waals surface area (Å²) in [4.78, 5) is 25.8. The summed E-state index contributed by atoms with van der Waals surface area (Å²) in [5.41, 5.74) is 7.32. The van der Waals surface area contributed by atoms with Gasteiger partial charge in [0, 0.05) is 24.6 Å². The maximum absolute atomic E-state index is 13.0. The van der Waals surface area contributed by atoms with Crippen molar-refractivity contribution in [3.05, 3.63) is 63.7 Å². The molecule has 0 spiro atoms. The largest absolute Gasteiger partial charge is 0.486 e. The summed E-state index contributed by atoms with van der Waals surface area (Å²) in [5.74, 6) is 0.958. The van der Waals surface area contributed by atoms with E-state index in [-0.39, 0.29) is 42.3 Å². The molecule has 0 aromatic heterocycles. The molecule has 2 aromatic rings. The van der Waals surface area contributed by atoms with Gasteiger partial charge in [0.05, 0.1) is 17.4 Å². The molecule has 2 aliphatic heterocycles. The molecule has 9 heteroatoms. The topological polar surface area (TPSA) is 108 Å². The van der Waals surface area contributed by atoms with E-state index in [1.165, 1.54) is 6.07 Å². The van der Waals surface area contributed by atoms with Crippen molar-refractivity contribution >= 4 is 24.0 Å². The van der Waals surface area contributed by atoms with E-state index in [0.717, 1.165) is 5.56 Å². The predicted molar refractivity (Wildman–Crippen MR) is 113 cm³/mol. The molecular formula is C21H24ClN3O5. The van der Waals surface area contributed by atoms with Crippen LogP contribution in [-0.2, 0) is 11.2 Å². The van der Waals surface area contributed by atoms with Gasteiger partial charge in [-0.2, -0.15) is 0 Å². The first-order chi connectivity index (χ1) is 14.1. The number of carbonyl (C=O) groups excluding carboxylic acids is 1. The molecule has 2 heterocycles. The number of carbonyl (C=O) groups is 1. The number of nitro groups is 1. The highest BCUT2D eigenvalue weighted by molar-refractivity contribution is 5.85. The Morgan fingerprint density at radius 1 is 1.13 bits per heavy atom. The van der Waals surface area contributed by atoms with Crippen LogP contribution in [0.3, 0.4) is 0 Å². The lowest BCUT2D eigenvalue weighted by molar-refractivity contribution is -0.385. The monoisotopic (exact) mass is 433 g/mol. The number of fused-ring (bicyclic) bond motifs is 1. The summed E-state index contributed by atoms with van der Waals surface area (Å²) in [7, 11) is 0. The fourth-order valence-corrected chi connectivity index (χ4v) is 4.10. The van der Waals surface area contributed by atoms with Crippen LogP contribution in [0.15, 0.2) is 42.5 Å². The second-order valence-corrected chi connectivity index (χ2v) is 7.37. The Hall–Kier alpha value is -2.84. The normalized spacial score (nSPS) is 19.8. The minimum absolute atomic E-state index is 0. The summed E-state index contributed by atoms with van der Waals surface area (Å²) in [5, 5.41) is 11.5. The fraction of sp³-hybridized carbons (Fsp3) is 0.381. The van der Waals surface area contributed by atoms with Gasteiger partial charge in [-0.1, -0.05) is 30.3 Å². The Kier molecular flexibility index (Phi) is 6.79. The number of benzene rings is 2. The molecule has 2 N–H and O–H groups in total. The van der Waals surface area contributed by atoms with Crippen molar-refractivity contribution in [1.82, 2.24) is 4.90 Å². The number of hydrogen-bond acceptors (Lipinski definition) is 6. The van der Waals surface area contributed by atoms with Crippen molar-refractivity contribution in [2.24, 2.45) is 11.7 Å². The van der Waals surface area contributed by atoms with Crippen molar-refractivity contribution < 1.29 is 19.2 Å². The molecule has 0 unspecified atom stereocenters. The third-order valence-corrected chi connectivity index (χ3v) is 5.61. The quantitative estimate of drug-likeness (QED) is 0.573. The van der Waals surface area contributed by atoms with Gasteiger partial charge in [-0.25, -0.2) is 0 Å². The van der Waals surface area contributed by atoms with Gasteiger partial charge in [0.2, 0.25) is 5.91 Å². The number of nitrogens with zero attached hydrogens (tertiary/aromatic N) is 2. The second kappa shape index (κ2) is 9.32. The number of nitro benzene ring substituents is 1. The maximum atomic E-state index is 13.0. The molecule has 1 fully saturated rings. The number of hydrogen-bond donors (Lipinski definition) is 1. The Morgan fingerprint density at radius 2 is 1.80 bits per heavy atom. The first kappa shape index (κ1) is 21.9. The molecule has 1 saturated heterocycles. The van der Waals surface area contributed by atoms with E-state index in [1.807, 2.05) is 30.3 Å². The van der Waals surface area contributed by atoms with Crippen molar-refractivity contribution in [1.29, 1.82) is 0 Å². The van der Waals surface area contributed by atoms with E-state index < -0.39 is 4.92 Å². The van der Waals surface area contributed by atoms with Crippen LogP contribution in [0.4, 0.5) is 5.69 Å². The lowest BCUT2D eigenvalue weighted by atomic mass is 9.89. The van der Waals surface area contributed by atoms with Crippen LogP contribution in [0.1, 0.15) is 17.0 Å². The number of amides is 1. The van der Waals surface area contributed by atoms with Gasteiger partial charge in [-0.15, -0.1) is 12.4 Å². The Balaban J connectivity index is 0.00000256. The van der Waals surface area contributed by atoms with Gasteiger partial charge >= 0.3 is 0 Å². The minimum atomic E-state index is -0.486. The van der Waals surface area contributed by atoms with E-state index in [1.54, 1.807) is 11.0 Å². The van der Waals surface area contributed by atoms with E-state index >= 15 is 0 Å². The van der Waals surface area contributed by atoms with Crippen molar-refractivity contribution in [2.75, 3.05) is 32.8 Å². The van der Waals surface area contributed by atoms with Gasteiger partial charge in [-0.05, 0) is 24.1 Å². The first-order valence-corrected chi connectivity index (χ1v) is 9.66. The average Bonchev–Trinajstić information content (AvgIpc) is 3.18. The molecule has 30 heavy (non-hydrogen) atoms. The van der Waals surface area contributed by atoms with Crippen molar-refractivity contribution in [3.63, 3.8) is 0 Å². The van der Waals surface area contributed by atoms with Crippen LogP contribution >= 0.6 is 12.4 Å². The molecule has 0 radical (unpaired) electrons. The molecule has 160 valence electrons. The molecule has 2 aromatic carbocycles. The second-order valence-electron chi connectivity index (χ2n) is 7.37. The number of likely N-dealkylation sites (tertiary alicyclic amines) is 1. The van der Waals surface area contributed by atoms with Gasteiger partial charge < -0.3 is 20.1 Å². The van der Waals surface area contributed by atoms with Crippen LogP contribution < -0.4 is 15.2 Å². The molecule has 0 bridgehead atoms. The summed E-state index contributed by atoms with van der Waals surface area (Å²) >= 11 is 0. The van der Waals surface area contributed by atoms with Gasteiger partial charge in [0.25, 0.3) is 5.69 Å². The van der Waals surface area contributed by atoms with Gasteiger partial charge in [0.1, 0.15) is 13.2 Å². The zero-order chi connectivity index (χ0) is 20.4. The summed E-state index contributed by atoms with van der Waals surface area (Å²) in [6.45, 7) is 2.31. The number of halogens is 1. The van der Waals surface area contributed by atoms with Gasteiger partial charge in [-0.3, -0.25) is 14.9 Å². The molecule has 4 rings (SSSR count). The van der Waals surface area contributed by atoms with Crippen LogP contribution in [0, 0.1) is 16.0 Å². The number of rotatable bonds is 5. The molecule has 2 aliphatic rings. The maximum Gasteiger partial charge on any atom is 0.277 e. The lowest BCUT2D eigenvalue weighted by Crippen LogP contribution is -2.31. The molecule has 8 nitrogen and oxygen atoms in total. The summed E-state index contributed by atoms with van der Waals surface area (Å²) in [6.07, 6.45) is -0.0637. The summed E-state index contributed by atoms with van der Waals surface area (Å²) < 4.78 is 11.0. The highest BCUT2D eigenvalue weighted by atomic mass is 35.5. The summed E-state index contributed by atoms with van der Waals surface area (Å²) in [6, 6.07) is 12.9. The van der Waals surface area contributed by atoms with Crippen molar-refractivity contribution in [3.8, 4) is 11.5 Å². The molecule has 0 saturated carbocycles. The third kappa shape index (κ3) is 4.34. The lowest BCUT2D eigenvalue weighted by Gasteiger charge is -2.20. The minimum Gasteiger partial charge on any atom is -0.486 e. The Bertz CT molecular complexity index is 924. The van der Waals surface area contributed by atoms with Crippen LogP contribution in [-0.4, -0.2) is 48.6 Å². The molecule has 2 atom stereocenters. The SMILES string of the molecule is Cl.NC[C@@H]1CN(C(=O)Cc2cc3c(cc2[N+](=O)[O-])OCCO3)C[C@H]1c1ccccc1. The standard InChI is InChI=1S/C21H23N3O5.ClH/c22-11-16-12-23(13-17(16)14-4-2-1-3-5-14)21(25)9-15-8-19-20(29-7-6-28-19)10-18(15)24(26)27;/h1-5,8,10,16-17H,6-7,9,11-13,22H2;1H/t16-,17+;/m1./s1. The molecule has 0 aliphatic carbocycles. The first-order valence-electron chi connectivity index (χ1n) is 9.66.